The summed E-state index contributed by atoms with van der Waals surface area (Å²) in [6.45, 7) is 1.87. The lowest BCUT2D eigenvalue weighted by molar-refractivity contribution is -0.111. The predicted molar refractivity (Wildman–Crippen MR) is 130 cm³/mol. The average molecular weight is 443 g/mol. The summed E-state index contributed by atoms with van der Waals surface area (Å²) in [5.41, 5.74) is 4.64. The number of anilines is 1. The Balaban J connectivity index is 1.74. The van der Waals surface area contributed by atoms with Crippen LogP contribution in [0.25, 0.3) is 27.7 Å². The molecule has 0 aliphatic rings. The summed E-state index contributed by atoms with van der Waals surface area (Å²) < 4.78 is 22.2. The lowest BCUT2D eigenvalue weighted by atomic mass is 9.98. The van der Waals surface area contributed by atoms with Crippen molar-refractivity contribution in [2.45, 2.75) is 6.92 Å². The highest BCUT2D eigenvalue weighted by molar-refractivity contribution is 6.06. The van der Waals surface area contributed by atoms with Crippen molar-refractivity contribution in [2.24, 2.45) is 0 Å². The Hall–Kier alpha value is -4.19. The Morgan fingerprint density at radius 1 is 0.848 bits per heavy atom. The number of amides is 1. The minimum absolute atomic E-state index is 0.267. The molecular formula is C27H25NO5. The van der Waals surface area contributed by atoms with Crippen molar-refractivity contribution in [2.75, 3.05) is 26.6 Å². The van der Waals surface area contributed by atoms with E-state index in [4.69, 9.17) is 18.6 Å². The Morgan fingerprint density at radius 2 is 1.52 bits per heavy atom. The molecule has 0 radical (unpaired) electrons. The topological polar surface area (TPSA) is 69.9 Å². The number of methoxy groups -OCH3 is 3. The Morgan fingerprint density at radius 3 is 2.24 bits per heavy atom. The molecular weight excluding hydrogens is 418 g/mol. The third kappa shape index (κ3) is 4.41. The van der Waals surface area contributed by atoms with Crippen LogP contribution in [0.15, 0.2) is 77.4 Å². The molecule has 33 heavy (non-hydrogen) atoms. The quantitative estimate of drug-likeness (QED) is 0.346. The van der Waals surface area contributed by atoms with E-state index in [1.807, 2.05) is 55.5 Å². The van der Waals surface area contributed by atoms with Crippen molar-refractivity contribution < 1.29 is 23.4 Å². The number of fused-ring (bicyclic) bond motifs is 1. The molecule has 1 heterocycles. The van der Waals surface area contributed by atoms with Gasteiger partial charge >= 0.3 is 0 Å². The van der Waals surface area contributed by atoms with Gasteiger partial charge in [0, 0.05) is 34.2 Å². The van der Waals surface area contributed by atoms with E-state index >= 15 is 0 Å². The number of allylic oxidation sites excluding steroid dienone is 1. The standard InChI is InChI=1S/C27H25NO5/c1-17(13-27(29)28-22-10-6-8-12-24(22)31-3)19-14-20-21(16-33-26(20)15-25(19)32-4)18-9-5-7-11-23(18)30-2/h5-16H,1-4H3,(H,28,29)/b17-13+. The van der Waals surface area contributed by atoms with Crippen molar-refractivity contribution in [1.29, 1.82) is 0 Å². The van der Waals surface area contributed by atoms with Gasteiger partial charge in [-0.2, -0.15) is 0 Å². The van der Waals surface area contributed by atoms with Crippen molar-refractivity contribution in [3.05, 3.63) is 78.6 Å². The molecule has 0 aliphatic carbocycles. The average Bonchev–Trinajstić information content (AvgIpc) is 3.26. The molecule has 0 atom stereocenters. The second-order valence-electron chi connectivity index (χ2n) is 7.42. The molecule has 0 bridgehead atoms. The van der Waals surface area contributed by atoms with Gasteiger partial charge in [-0.1, -0.05) is 30.3 Å². The van der Waals surface area contributed by atoms with Crippen LogP contribution in [-0.4, -0.2) is 27.2 Å². The molecule has 0 saturated heterocycles. The molecule has 0 unspecified atom stereocenters. The van der Waals surface area contributed by atoms with E-state index in [0.717, 1.165) is 33.4 Å². The third-order valence-corrected chi connectivity index (χ3v) is 5.43. The third-order valence-electron chi connectivity index (χ3n) is 5.43. The van der Waals surface area contributed by atoms with E-state index < -0.39 is 0 Å². The first-order valence-electron chi connectivity index (χ1n) is 10.4. The maximum Gasteiger partial charge on any atom is 0.248 e. The number of ether oxygens (including phenoxy) is 3. The van der Waals surface area contributed by atoms with Crippen LogP contribution in [0.2, 0.25) is 0 Å². The van der Waals surface area contributed by atoms with Gasteiger partial charge in [0.25, 0.3) is 0 Å². The molecule has 168 valence electrons. The summed E-state index contributed by atoms with van der Waals surface area (Å²) in [7, 11) is 4.80. The number of carbonyl (C=O) groups excluding carboxylic acids is 1. The first kappa shape index (κ1) is 22.0. The van der Waals surface area contributed by atoms with E-state index in [1.165, 1.54) is 0 Å². The summed E-state index contributed by atoms with van der Waals surface area (Å²) in [6, 6.07) is 18.8. The zero-order valence-corrected chi connectivity index (χ0v) is 19.0. The number of benzene rings is 3. The van der Waals surface area contributed by atoms with Gasteiger partial charge in [-0.3, -0.25) is 4.79 Å². The second kappa shape index (κ2) is 9.53. The molecule has 0 saturated carbocycles. The fourth-order valence-corrected chi connectivity index (χ4v) is 3.80. The second-order valence-corrected chi connectivity index (χ2v) is 7.42. The summed E-state index contributed by atoms with van der Waals surface area (Å²) >= 11 is 0. The van der Waals surface area contributed by atoms with E-state index in [-0.39, 0.29) is 5.91 Å². The minimum Gasteiger partial charge on any atom is -0.496 e. The molecule has 3 aromatic carbocycles. The Labute approximate surface area is 192 Å². The molecule has 4 aromatic rings. The van der Waals surface area contributed by atoms with Crippen molar-refractivity contribution in [3.63, 3.8) is 0 Å². The van der Waals surface area contributed by atoms with Crippen LogP contribution in [0.3, 0.4) is 0 Å². The number of rotatable bonds is 7. The molecule has 1 amide bonds. The molecule has 6 nitrogen and oxygen atoms in total. The zero-order chi connectivity index (χ0) is 23.4. The number of furan rings is 1. The SMILES string of the molecule is COc1ccccc1NC(=O)/C=C(\C)c1cc2c(-c3ccccc3OC)coc2cc1OC. The van der Waals surface area contributed by atoms with Gasteiger partial charge < -0.3 is 23.9 Å². The van der Waals surface area contributed by atoms with Crippen LogP contribution in [0.1, 0.15) is 12.5 Å². The Bertz CT molecular complexity index is 1340. The normalized spacial score (nSPS) is 11.3. The van der Waals surface area contributed by atoms with Gasteiger partial charge in [-0.15, -0.1) is 0 Å². The van der Waals surface area contributed by atoms with Crippen LogP contribution in [0.5, 0.6) is 17.2 Å². The van der Waals surface area contributed by atoms with Gasteiger partial charge in [-0.25, -0.2) is 0 Å². The maximum atomic E-state index is 12.7. The highest BCUT2D eigenvalue weighted by Gasteiger charge is 2.17. The summed E-state index contributed by atoms with van der Waals surface area (Å²) in [6.07, 6.45) is 3.25. The molecule has 1 N–H and O–H groups in total. The predicted octanol–water partition coefficient (Wildman–Crippen LogP) is 6.17. The lowest BCUT2D eigenvalue weighted by Crippen LogP contribution is -2.09. The van der Waals surface area contributed by atoms with Crippen LogP contribution in [0.4, 0.5) is 5.69 Å². The monoisotopic (exact) mass is 443 g/mol. The molecule has 0 spiro atoms. The van der Waals surface area contributed by atoms with Gasteiger partial charge in [0.2, 0.25) is 5.91 Å². The van der Waals surface area contributed by atoms with Gasteiger partial charge in [0.1, 0.15) is 22.8 Å². The highest BCUT2D eigenvalue weighted by atomic mass is 16.5. The highest BCUT2D eigenvalue weighted by Crippen LogP contribution is 2.40. The maximum absolute atomic E-state index is 12.7. The van der Waals surface area contributed by atoms with Gasteiger partial charge in [-0.05, 0) is 36.8 Å². The van der Waals surface area contributed by atoms with Crippen molar-refractivity contribution >= 4 is 28.1 Å². The minimum atomic E-state index is -0.267. The smallest absolute Gasteiger partial charge is 0.248 e. The first-order valence-corrected chi connectivity index (χ1v) is 10.4. The number of nitrogens with one attached hydrogen (secondary N) is 1. The molecule has 0 aliphatic heterocycles. The fraction of sp³-hybridized carbons (Fsp3) is 0.148. The van der Waals surface area contributed by atoms with Crippen LogP contribution < -0.4 is 19.5 Å². The van der Waals surface area contributed by atoms with E-state index in [9.17, 15) is 4.79 Å². The summed E-state index contributed by atoms with van der Waals surface area (Å²) in [5, 5.41) is 3.76. The van der Waals surface area contributed by atoms with Crippen molar-refractivity contribution in [1.82, 2.24) is 0 Å². The van der Waals surface area contributed by atoms with Crippen molar-refractivity contribution in [3.8, 4) is 28.4 Å². The first-order chi connectivity index (χ1) is 16.0. The number of hydrogen-bond donors (Lipinski definition) is 1. The number of hydrogen-bond acceptors (Lipinski definition) is 5. The lowest BCUT2D eigenvalue weighted by Gasteiger charge is -2.12. The van der Waals surface area contributed by atoms with E-state index in [0.29, 0.717) is 22.8 Å². The number of para-hydroxylation sites is 3. The van der Waals surface area contributed by atoms with Gasteiger partial charge in [0.05, 0.1) is 33.3 Å². The van der Waals surface area contributed by atoms with E-state index in [2.05, 4.69) is 5.32 Å². The fourth-order valence-electron chi connectivity index (χ4n) is 3.80. The van der Waals surface area contributed by atoms with Crippen LogP contribution >= 0.6 is 0 Å². The van der Waals surface area contributed by atoms with Crippen LogP contribution in [-0.2, 0) is 4.79 Å². The van der Waals surface area contributed by atoms with E-state index in [1.54, 1.807) is 45.8 Å². The van der Waals surface area contributed by atoms with Crippen LogP contribution in [0, 0.1) is 0 Å². The number of carbonyl (C=O) groups is 1. The Kier molecular flexibility index (Phi) is 6.36. The largest absolute Gasteiger partial charge is 0.496 e. The zero-order valence-electron chi connectivity index (χ0n) is 19.0. The summed E-state index contributed by atoms with van der Waals surface area (Å²) in [4.78, 5) is 12.7. The molecule has 6 heteroatoms. The summed E-state index contributed by atoms with van der Waals surface area (Å²) in [5.74, 6) is 1.69. The molecule has 0 fully saturated rings. The molecule has 1 aromatic heterocycles. The molecule has 4 rings (SSSR count). The van der Waals surface area contributed by atoms with Gasteiger partial charge in [0.15, 0.2) is 0 Å².